The lowest BCUT2D eigenvalue weighted by atomic mass is 10.2. The molecule has 128 valence electrons. The van der Waals surface area contributed by atoms with Gasteiger partial charge in [0.15, 0.2) is 5.78 Å². The van der Waals surface area contributed by atoms with Crippen LogP contribution in [-0.2, 0) is 4.79 Å². The Morgan fingerprint density at radius 1 is 1.04 bits per heavy atom. The van der Waals surface area contributed by atoms with Gasteiger partial charge in [-0.25, -0.2) is 0 Å². The molecule has 6 heteroatoms. The summed E-state index contributed by atoms with van der Waals surface area (Å²) in [6, 6.07) is 14.9. The standard InChI is InChI=1S/C20H16N4O2/c1-12(11-13(2)25)22-23-18-15-8-4-6-10-17(15)24-19(18)21-16-9-5-3-7-14(16)20(24)26/h3-11,21H,1-2H3/b12-11-,23-22?. The number of aromatic nitrogens is 2. The van der Waals surface area contributed by atoms with E-state index in [1.165, 1.54) is 13.0 Å². The third-order valence-electron chi connectivity index (χ3n) is 4.18. The number of carbonyl (C=O) groups excluding carboxylic acids is 1. The zero-order chi connectivity index (χ0) is 18.3. The molecule has 4 aromatic rings. The lowest BCUT2D eigenvalue weighted by Gasteiger charge is -2.01. The molecule has 0 fully saturated rings. The molecule has 0 bridgehead atoms. The van der Waals surface area contributed by atoms with E-state index in [1.54, 1.807) is 17.4 Å². The fraction of sp³-hybridized carbons (Fsp3) is 0.100. The number of hydrogen-bond donors (Lipinski definition) is 1. The highest BCUT2D eigenvalue weighted by atomic mass is 16.1. The molecule has 0 atom stereocenters. The first-order chi connectivity index (χ1) is 12.6. The van der Waals surface area contributed by atoms with E-state index in [-0.39, 0.29) is 11.3 Å². The molecular formula is C20H16N4O2. The van der Waals surface area contributed by atoms with E-state index >= 15 is 0 Å². The number of aromatic amines is 1. The van der Waals surface area contributed by atoms with Crippen molar-refractivity contribution in [1.82, 2.24) is 9.38 Å². The van der Waals surface area contributed by atoms with Crippen LogP contribution in [0.25, 0.3) is 27.5 Å². The molecule has 1 N–H and O–H groups in total. The Morgan fingerprint density at radius 2 is 1.73 bits per heavy atom. The van der Waals surface area contributed by atoms with E-state index in [4.69, 9.17) is 0 Å². The summed E-state index contributed by atoms with van der Waals surface area (Å²) in [4.78, 5) is 27.5. The summed E-state index contributed by atoms with van der Waals surface area (Å²) in [5.41, 5.74) is 3.04. The molecule has 0 saturated heterocycles. The zero-order valence-corrected chi connectivity index (χ0v) is 14.4. The maximum absolute atomic E-state index is 13.0. The number of nitrogens with one attached hydrogen (secondary N) is 1. The van der Waals surface area contributed by atoms with Crippen molar-refractivity contribution in [2.45, 2.75) is 13.8 Å². The Hall–Kier alpha value is -3.54. The predicted octanol–water partition coefficient (Wildman–Crippen LogP) is 4.51. The Bertz CT molecular complexity index is 1290. The number of azo groups is 1. The van der Waals surface area contributed by atoms with Crippen LogP contribution in [-0.4, -0.2) is 15.2 Å². The smallest absolute Gasteiger partial charge is 0.266 e. The van der Waals surface area contributed by atoms with E-state index in [2.05, 4.69) is 15.2 Å². The van der Waals surface area contributed by atoms with Gasteiger partial charge in [0.1, 0.15) is 11.3 Å². The van der Waals surface area contributed by atoms with Gasteiger partial charge in [0.2, 0.25) is 0 Å². The maximum Gasteiger partial charge on any atom is 0.266 e. The molecule has 2 aromatic carbocycles. The summed E-state index contributed by atoms with van der Waals surface area (Å²) in [6.07, 6.45) is 1.42. The van der Waals surface area contributed by atoms with Gasteiger partial charge >= 0.3 is 0 Å². The molecule has 0 radical (unpaired) electrons. The number of allylic oxidation sites excluding steroid dienone is 2. The van der Waals surface area contributed by atoms with Crippen LogP contribution in [0, 0.1) is 0 Å². The Kier molecular flexibility index (Phi) is 3.73. The zero-order valence-electron chi connectivity index (χ0n) is 14.4. The minimum Gasteiger partial charge on any atom is -0.339 e. The Balaban J connectivity index is 2.09. The van der Waals surface area contributed by atoms with Crippen LogP contribution in [0.4, 0.5) is 5.69 Å². The molecule has 0 spiro atoms. The van der Waals surface area contributed by atoms with Crippen molar-refractivity contribution in [3.8, 4) is 0 Å². The fourth-order valence-corrected chi connectivity index (χ4v) is 3.13. The molecule has 2 heterocycles. The van der Waals surface area contributed by atoms with E-state index in [0.717, 1.165) is 16.4 Å². The Morgan fingerprint density at radius 3 is 2.50 bits per heavy atom. The predicted molar refractivity (Wildman–Crippen MR) is 102 cm³/mol. The van der Waals surface area contributed by atoms with Gasteiger partial charge < -0.3 is 4.98 Å². The van der Waals surface area contributed by atoms with Crippen molar-refractivity contribution in [2.24, 2.45) is 10.2 Å². The second-order valence-electron chi connectivity index (χ2n) is 6.12. The highest BCUT2D eigenvalue weighted by molar-refractivity contribution is 6.01. The average Bonchev–Trinajstić information content (AvgIpc) is 2.93. The van der Waals surface area contributed by atoms with Crippen molar-refractivity contribution >= 4 is 38.9 Å². The van der Waals surface area contributed by atoms with Crippen LogP contribution in [0.2, 0.25) is 0 Å². The number of ketones is 1. The fourth-order valence-electron chi connectivity index (χ4n) is 3.13. The highest BCUT2D eigenvalue weighted by Crippen LogP contribution is 2.33. The van der Waals surface area contributed by atoms with Crippen molar-refractivity contribution in [1.29, 1.82) is 0 Å². The van der Waals surface area contributed by atoms with Crippen LogP contribution in [0.5, 0.6) is 0 Å². The maximum atomic E-state index is 13.0. The molecule has 6 nitrogen and oxygen atoms in total. The summed E-state index contributed by atoms with van der Waals surface area (Å²) in [6.45, 7) is 3.18. The largest absolute Gasteiger partial charge is 0.339 e. The first-order valence-electron chi connectivity index (χ1n) is 8.21. The quantitative estimate of drug-likeness (QED) is 0.438. The van der Waals surface area contributed by atoms with Gasteiger partial charge in [-0.15, -0.1) is 5.11 Å². The number of rotatable bonds is 3. The second kappa shape index (κ2) is 6.07. The molecule has 0 aliphatic heterocycles. The third-order valence-corrected chi connectivity index (χ3v) is 4.18. The second-order valence-corrected chi connectivity index (χ2v) is 6.12. The molecule has 0 aliphatic carbocycles. The topological polar surface area (TPSA) is 79.1 Å². The van der Waals surface area contributed by atoms with Gasteiger partial charge in [-0.3, -0.25) is 14.0 Å². The van der Waals surface area contributed by atoms with Crippen LogP contribution in [0.3, 0.4) is 0 Å². The van der Waals surface area contributed by atoms with E-state index in [9.17, 15) is 9.59 Å². The molecule has 4 rings (SSSR count). The summed E-state index contributed by atoms with van der Waals surface area (Å²) < 4.78 is 1.62. The summed E-state index contributed by atoms with van der Waals surface area (Å²) in [5, 5.41) is 9.91. The minimum absolute atomic E-state index is 0.0903. The van der Waals surface area contributed by atoms with Gasteiger partial charge in [-0.2, -0.15) is 5.11 Å². The summed E-state index contributed by atoms with van der Waals surface area (Å²) >= 11 is 0. The van der Waals surface area contributed by atoms with Gasteiger partial charge in [0, 0.05) is 11.5 Å². The lowest BCUT2D eigenvalue weighted by molar-refractivity contribution is -0.112. The number of H-pyrrole nitrogens is 1. The van der Waals surface area contributed by atoms with Gasteiger partial charge in [-0.1, -0.05) is 30.3 Å². The SMILES string of the molecule is CC(=O)/C=C(/C)N=Nc1c2ccccc2n2c(=O)c3ccccc3[nH]c12. The van der Waals surface area contributed by atoms with Crippen LogP contribution in [0.1, 0.15) is 13.8 Å². The molecule has 2 aromatic heterocycles. The van der Waals surface area contributed by atoms with E-state index < -0.39 is 0 Å². The van der Waals surface area contributed by atoms with Crippen molar-refractivity contribution in [3.63, 3.8) is 0 Å². The Labute approximate surface area is 148 Å². The lowest BCUT2D eigenvalue weighted by Crippen LogP contribution is -2.13. The summed E-state index contributed by atoms with van der Waals surface area (Å²) in [7, 11) is 0. The van der Waals surface area contributed by atoms with Crippen molar-refractivity contribution in [2.75, 3.05) is 0 Å². The average molecular weight is 344 g/mol. The van der Waals surface area contributed by atoms with Crippen molar-refractivity contribution < 1.29 is 4.79 Å². The van der Waals surface area contributed by atoms with Gasteiger partial charge in [0.05, 0.1) is 22.1 Å². The van der Waals surface area contributed by atoms with E-state index in [0.29, 0.717) is 22.4 Å². The highest BCUT2D eigenvalue weighted by Gasteiger charge is 2.15. The van der Waals surface area contributed by atoms with Crippen LogP contribution in [0.15, 0.2) is 75.3 Å². The molecule has 0 saturated carbocycles. The molecular weight excluding hydrogens is 328 g/mol. The van der Waals surface area contributed by atoms with Crippen molar-refractivity contribution in [3.05, 3.63) is 70.7 Å². The number of nitrogens with zero attached hydrogens (tertiary/aromatic N) is 3. The van der Waals surface area contributed by atoms with Gasteiger partial charge in [-0.05, 0) is 32.0 Å². The first-order valence-corrected chi connectivity index (χ1v) is 8.21. The minimum atomic E-state index is -0.108. The number of hydrogen-bond acceptors (Lipinski definition) is 4. The number of benzene rings is 2. The molecule has 26 heavy (non-hydrogen) atoms. The third kappa shape index (κ3) is 2.52. The normalized spacial score (nSPS) is 12.6. The van der Waals surface area contributed by atoms with Crippen LogP contribution < -0.4 is 5.56 Å². The van der Waals surface area contributed by atoms with E-state index in [1.807, 2.05) is 42.5 Å². The number of fused-ring (bicyclic) bond motifs is 4. The first kappa shape index (κ1) is 16.0. The number of para-hydroxylation sites is 2. The molecule has 0 aliphatic rings. The van der Waals surface area contributed by atoms with Gasteiger partial charge in [0.25, 0.3) is 5.56 Å². The molecule has 0 amide bonds. The summed E-state index contributed by atoms with van der Waals surface area (Å²) in [5.74, 6) is -0.0903. The number of carbonyl (C=O) groups is 1. The monoisotopic (exact) mass is 344 g/mol. The van der Waals surface area contributed by atoms with Crippen LogP contribution >= 0.6 is 0 Å². The molecule has 0 unspecified atom stereocenters.